The second kappa shape index (κ2) is 9.48. The molecule has 0 radical (unpaired) electrons. The number of likely N-dealkylation sites (N-methyl/N-ethyl adjacent to an activating group) is 1. The highest BCUT2D eigenvalue weighted by Crippen LogP contribution is 2.46. The number of halogens is 1. The molecule has 0 aliphatic heterocycles. The Morgan fingerprint density at radius 1 is 1.24 bits per heavy atom. The van der Waals surface area contributed by atoms with Gasteiger partial charge >= 0.3 is 0 Å². The van der Waals surface area contributed by atoms with Gasteiger partial charge in [-0.15, -0.1) is 9.24 Å². The van der Waals surface area contributed by atoms with Gasteiger partial charge in [-0.3, -0.25) is 9.69 Å². The van der Waals surface area contributed by atoms with Crippen molar-refractivity contribution >= 4 is 36.0 Å². The monoisotopic (exact) mass is 505 g/mol. The number of benzene rings is 1. The van der Waals surface area contributed by atoms with Crippen LogP contribution in [0.15, 0.2) is 30.3 Å². The molecule has 2 aliphatic rings. The lowest BCUT2D eigenvalue weighted by Crippen LogP contribution is -2.58. The minimum Gasteiger partial charge on any atom is -0.358 e. The Kier molecular flexibility index (Phi) is 7.12. The van der Waals surface area contributed by atoms with E-state index in [2.05, 4.69) is 77.1 Å². The molecule has 1 aromatic heterocycles. The van der Waals surface area contributed by atoms with Gasteiger partial charge in [0.15, 0.2) is 5.41 Å². The number of alkyl halides is 1. The number of nitrogens with zero attached hydrogens (tertiary/aromatic N) is 4. The number of hydrogen-bond donors (Lipinski definition) is 1. The number of amides is 1. The molecule has 1 aromatic carbocycles. The van der Waals surface area contributed by atoms with Crippen LogP contribution in [0.25, 0.3) is 0 Å². The maximum absolute atomic E-state index is 14.7. The van der Waals surface area contributed by atoms with Crippen LogP contribution < -0.4 is 15.5 Å². The van der Waals surface area contributed by atoms with Gasteiger partial charge in [-0.2, -0.15) is 5.10 Å². The Balaban J connectivity index is 1.59. The van der Waals surface area contributed by atoms with E-state index in [0.717, 1.165) is 50.8 Å². The Hall–Kier alpha value is -1.55. The van der Waals surface area contributed by atoms with Crippen molar-refractivity contribution in [1.29, 1.82) is 0 Å². The lowest BCUT2D eigenvalue weighted by Gasteiger charge is -2.51. The summed E-state index contributed by atoms with van der Waals surface area (Å²) >= 11 is 0. The predicted octanol–water partition coefficient (Wildman–Crippen LogP) is 3.69. The summed E-state index contributed by atoms with van der Waals surface area (Å²) < 4.78 is 16.6. The number of anilines is 1. The molecule has 1 heterocycles. The minimum absolute atomic E-state index is 0.0718. The molecule has 1 N–H and O–H groups in total. The summed E-state index contributed by atoms with van der Waals surface area (Å²) in [6, 6.07) is 10.9. The quantitative estimate of drug-likeness (QED) is 0.417. The van der Waals surface area contributed by atoms with E-state index in [1.807, 2.05) is 17.8 Å². The van der Waals surface area contributed by atoms with Gasteiger partial charge in [0.2, 0.25) is 6.41 Å². The molecule has 0 spiro atoms. The largest absolute Gasteiger partial charge is 0.358 e. The molecule has 2 aromatic rings. The number of nitrogens with one attached hydrogen (secondary N) is 1. The molecule has 6 nitrogen and oxygen atoms in total. The maximum atomic E-state index is 14.7. The third-order valence-electron chi connectivity index (χ3n) is 7.72. The maximum Gasteiger partial charge on any atom is 0.207 e. The van der Waals surface area contributed by atoms with Crippen molar-refractivity contribution < 1.29 is 9.18 Å². The summed E-state index contributed by atoms with van der Waals surface area (Å²) in [6.45, 7) is 2.17. The van der Waals surface area contributed by atoms with Gasteiger partial charge in [0.05, 0.1) is 11.6 Å². The fourth-order valence-electron chi connectivity index (χ4n) is 5.47. The van der Waals surface area contributed by atoms with Gasteiger partial charge in [0.1, 0.15) is 11.5 Å². The highest BCUT2D eigenvalue weighted by atomic mass is 31.0. The van der Waals surface area contributed by atoms with E-state index >= 15 is 0 Å². The van der Waals surface area contributed by atoms with Crippen LogP contribution in [0.4, 0.5) is 10.2 Å². The molecule has 1 amide bonds. The first-order valence-corrected chi connectivity index (χ1v) is 13.2. The third-order valence-corrected chi connectivity index (χ3v) is 8.37. The molecule has 2 saturated carbocycles. The molecule has 0 saturated heterocycles. The van der Waals surface area contributed by atoms with Crippen LogP contribution in [0.5, 0.6) is 0 Å². The van der Waals surface area contributed by atoms with Gasteiger partial charge in [0.25, 0.3) is 0 Å². The first-order chi connectivity index (χ1) is 16.0. The summed E-state index contributed by atoms with van der Waals surface area (Å²) in [5, 5.41) is 7.40. The van der Waals surface area contributed by atoms with Crippen LogP contribution in [0.2, 0.25) is 0 Å². The van der Waals surface area contributed by atoms with Crippen molar-refractivity contribution in [2.45, 2.75) is 68.0 Å². The first-order valence-electron chi connectivity index (χ1n) is 12.0. The zero-order valence-electron chi connectivity index (χ0n) is 20.7. The van der Waals surface area contributed by atoms with Crippen LogP contribution in [0.3, 0.4) is 0 Å². The van der Waals surface area contributed by atoms with E-state index in [1.165, 1.54) is 17.8 Å². The molecule has 2 fully saturated rings. The second-order valence-electron chi connectivity index (χ2n) is 10.6. The highest BCUT2D eigenvalue weighted by molar-refractivity contribution is 7.27. The molecule has 4 rings (SSSR count). The summed E-state index contributed by atoms with van der Waals surface area (Å²) in [5.41, 5.74) is 1.32. The number of carbonyl (C=O) groups is 1. The van der Waals surface area contributed by atoms with Crippen LogP contribution >= 0.6 is 18.5 Å². The zero-order chi connectivity index (χ0) is 24.7. The number of hydrogen-bond acceptors (Lipinski definition) is 4. The first kappa shape index (κ1) is 25.5. The molecule has 2 aliphatic carbocycles. The molecule has 9 heteroatoms. The van der Waals surface area contributed by atoms with Crippen molar-refractivity contribution in [1.82, 2.24) is 20.0 Å². The lowest BCUT2D eigenvalue weighted by atomic mass is 9.68. The van der Waals surface area contributed by atoms with E-state index < -0.39 is 5.41 Å². The normalized spacial score (nSPS) is 26.8. The average Bonchev–Trinajstić information content (AvgIpc) is 3.50. The van der Waals surface area contributed by atoms with Crippen LogP contribution in [0, 0.1) is 0 Å². The second-order valence-corrected chi connectivity index (χ2v) is 12.3. The van der Waals surface area contributed by atoms with Gasteiger partial charge in [-0.05, 0) is 76.5 Å². The fraction of sp³-hybridized carbons (Fsp3) is 0.600. The van der Waals surface area contributed by atoms with E-state index in [9.17, 15) is 9.18 Å². The highest BCUT2D eigenvalue weighted by Gasteiger charge is 2.46. The summed E-state index contributed by atoms with van der Waals surface area (Å²) in [5.74, 6) is 0.913. The van der Waals surface area contributed by atoms with Crippen molar-refractivity contribution in [3.05, 3.63) is 41.6 Å². The minimum atomic E-state index is -1.57. The summed E-state index contributed by atoms with van der Waals surface area (Å²) in [6.07, 6.45) is 6.55. The van der Waals surface area contributed by atoms with Crippen molar-refractivity contribution in [3.63, 3.8) is 0 Å². The van der Waals surface area contributed by atoms with Crippen molar-refractivity contribution in [3.8, 4) is 0 Å². The molecule has 0 bridgehead atoms. The molecule has 186 valence electrons. The summed E-state index contributed by atoms with van der Waals surface area (Å²) in [4.78, 5) is 16.2. The SMILES string of the molecule is CN(C[C@]1(NC=O)CC[C@@](c2cccc(P)c2)(N(C)C)CC1)c1cc(C(C)(F)P)nn1C1CC1. The van der Waals surface area contributed by atoms with Gasteiger partial charge < -0.3 is 10.2 Å². The average molecular weight is 506 g/mol. The van der Waals surface area contributed by atoms with Crippen LogP contribution in [0.1, 0.15) is 62.7 Å². The smallest absolute Gasteiger partial charge is 0.207 e. The van der Waals surface area contributed by atoms with E-state index in [4.69, 9.17) is 0 Å². The summed E-state index contributed by atoms with van der Waals surface area (Å²) in [7, 11) is 11.4. The van der Waals surface area contributed by atoms with Crippen LogP contribution in [-0.4, -0.2) is 54.3 Å². The Morgan fingerprint density at radius 2 is 1.91 bits per heavy atom. The topological polar surface area (TPSA) is 53.4 Å². The van der Waals surface area contributed by atoms with Gasteiger partial charge in [0, 0.05) is 25.2 Å². The van der Waals surface area contributed by atoms with Gasteiger partial charge in [-0.1, -0.05) is 27.4 Å². The molecular formula is C25H38FN5OP2. The Bertz CT molecular complexity index is 1020. The van der Waals surface area contributed by atoms with Crippen molar-refractivity contribution in [2.75, 3.05) is 32.6 Å². The van der Waals surface area contributed by atoms with Gasteiger partial charge in [-0.25, -0.2) is 9.07 Å². The van der Waals surface area contributed by atoms with E-state index in [1.54, 1.807) is 0 Å². The molecular weight excluding hydrogens is 467 g/mol. The third kappa shape index (κ3) is 5.03. The Labute approximate surface area is 207 Å². The Morgan fingerprint density at radius 3 is 2.44 bits per heavy atom. The molecule has 3 unspecified atom stereocenters. The van der Waals surface area contributed by atoms with E-state index in [0.29, 0.717) is 18.3 Å². The zero-order valence-corrected chi connectivity index (χ0v) is 23.0. The van der Waals surface area contributed by atoms with Crippen molar-refractivity contribution in [2.24, 2.45) is 0 Å². The fourth-order valence-corrected chi connectivity index (χ4v) is 5.90. The molecule has 34 heavy (non-hydrogen) atoms. The van der Waals surface area contributed by atoms with Crippen LogP contribution in [-0.2, 0) is 15.7 Å². The number of rotatable bonds is 9. The lowest BCUT2D eigenvalue weighted by molar-refractivity contribution is -0.112. The molecule has 3 atom stereocenters. The van der Waals surface area contributed by atoms with E-state index in [-0.39, 0.29) is 11.1 Å². The number of aromatic nitrogens is 2. The standard InChI is InChI=1S/C25H38FN5OP2/c1-23(26,34)21-15-22(31(28-21)19-8-9-19)30(4)16-24(27-17-32)10-12-25(13-11-24,29(2)3)18-6-5-7-20(33)14-18/h5-7,14-15,17,19H,8-13,16,33-34H2,1-4H3,(H,27,32)/t23?,24-,25+. The number of carbonyl (C=O) groups excluding carboxylic acids is 1. The predicted molar refractivity (Wildman–Crippen MR) is 143 cm³/mol.